The monoisotopic (exact) mass is 290 g/mol. The lowest BCUT2D eigenvalue weighted by atomic mass is 9.95. The highest BCUT2D eigenvalue weighted by molar-refractivity contribution is 5.43. The summed E-state index contributed by atoms with van der Waals surface area (Å²) in [5.41, 5.74) is 2.83. The molecule has 0 saturated heterocycles. The van der Waals surface area contributed by atoms with Gasteiger partial charge in [-0.3, -0.25) is 0 Å². The van der Waals surface area contributed by atoms with Gasteiger partial charge < -0.3 is 14.2 Å². The number of methoxy groups -OCH3 is 1. The summed E-state index contributed by atoms with van der Waals surface area (Å²) in [6.45, 7) is 2.33. The summed E-state index contributed by atoms with van der Waals surface area (Å²) in [6.07, 6.45) is 5.12. The second-order valence-electron chi connectivity index (χ2n) is 5.07. The molecule has 21 heavy (non-hydrogen) atoms. The molecule has 0 saturated carbocycles. The van der Waals surface area contributed by atoms with Crippen molar-refractivity contribution in [2.24, 2.45) is 0 Å². The van der Waals surface area contributed by atoms with Gasteiger partial charge in [0, 0.05) is 25.8 Å². The lowest BCUT2D eigenvalue weighted by molar-refractivity contribution is 0.0641. The standard InChI is InChI=1S/C16H22N2O3/c1-19-9-10-20-7-4-8-21-16-14(12-17)11-13-5-2-3-6-15(13)18-16/h11H,2-10H2,1H3. The fraction of sp³-hybridized carbons (Fsp3) is 0.625. The smallest absolute Gasteiger partial charge is 0.231 e. The van der Waals surface area contributed by atoms with E-state index in [4.69, 9.17) is 14.2 Å². The van der Waals surface area contributed by atoms with E-state index in [9.17, 15) is 5.26 Å². The minimum absolute atomic E-state index is 0.468. The molecule has 0 bridgehead atoms. The summed E-state index contributed by atoms with van der Waals surface area (Å²) < 4.78 is 15.9. The average Bonchev–Trinajstić information content (AvgIpc) is 2.53. The van der Waals surface area contributed by atoms with Crippen LogP contribution in [0.5, 0.6) is 5.88 Å². The third-order valence-corrected chi connectivity index (χ3v) is 3.49. The molecule has 0 atom stereocenters. The molecule has 2 rings (SSSR count). The molecule has 0 unspecified atom stereocenters. The molecule has 1 aliphatic carbocycles. The first-order valence-corrected chi connectivity index (χ1v) is 7.47. The lowest BCUT2D eigenvalue weighted by Crippen LogP contribution is -2.11. The molecule has 0 spiro atoms. The van der Waals surface area contributed by atoms with Crippen LogP contribution in [0.3, 0.4) is 0 Å². The topological polar surface area (TPSA) is 64.4 Å². The van der Waals surface area contributed by atoms with Crippen molar-refractivity contribution in [1.82, 2.24) is 4.98 Å². The highest BCUT2D eigenvalue weighted by Crippen LogP contribution is 2.25. The highest BCUT2D eigenvalue weighted by atomic mass is 16.5. The maximum absolute atomic E-state index is 9.21. The van der Waals surface area contributed by atoms with E-state index in [1.165, 1.54) is 18.4 Å². The predicted octanol–water partition coefficient (Wildman–Crippen LogP) is 2.26. The van der Waals surface area contributed by atoms with Gasteiger partial charge in [-0.15, -0.1) is 0 Å². The number of aromatic nitrogens is 1. The Morgan fingerprint density at radius 1 is 1.19 bits per heavy atom. The molecule has 0 radical (unpaired) electrons. The molecule has 1 aromatic rings. The summed E-state index contributed by atoms with van der Waals surface area (Å²) in [6, 6.07) is 4.12. The second-order valence-corrected chi connectivity index (χ2v) is 5.07. The van der Waals surface area contributed by atoms with Crippen molar-refractivity contribution in [1.29, 1.82) is 5.26 Å². The fourth-order valence-corrected chi connectivity index (χ4v) is 2.38. The van der Waals surface area contributed by atoms with Gasteiger partial charge in [0.1, 0.15) is 11.6 Å². The first-order valence-electron chi connectivity index (χ1n) is 7.47. The first kappa shape index (κ1) is 15.7. The number of nitrogens with zero attached hydrogens (tertiary/aromatic N) is 2. The van der Waals surface area contributed by atoms with Crippen LogP contribution in [0.2, 0.25) is 0 Å². The van der Waals surface area contributed by atoms with Crippen LogP contribution in [0.4, 0.5) is 0 Å². The number of ether oxygens (including phenoxy) is 3. The Morgan fingerprint density at radius 2 is 2.05 bits per heavy atom. The van der Waals surface area contributed by atoms with Gasteiger partial charge in [0.15, 0.2) is 0 Å². The zero-order valence-corrected chi connectivity index (χ0v) is 12.6. The molecule has 0 aromatic carbocycles. The van der Waals surface area contributed by atoms with Crippen LogP contribution in [-0.4, -0.2) is 38.5 Å². The number of hydrogen-bond acceptors (Lipinski definition) is 5. The van der Waals surface area contributed by atoms with E-state index in [0.717, 1.165) is 25.0 Å². The van der Waals surface area contributed by atoms with Gasteiger partial charge in [-0.05, 0) is 37.3 Å². The maximum atomic E-state index is 9.21. The molecule has 0 fully saturated rings. The summed E-state index contributed by atoms with van der Waals surface area (Å²) in [5.74, 6) is 0.468. The van der Waals surface area contributed by atoms with Crippen molar-refractivity contribution < 1.29 is 14.2 Å². The van der Waals surface area contributed by atoms with Crippen molar-refractivity contribution in [2.45, 2.75) is 32.1 Å². The molecule has 0 amide bonds. The van der Waals surface area contributed by atoms with Gasteiger partial charge in [-0.25, -0.2) is 4.98 Å². The molecule has 114 valence electrons. The molecular formula is C16H22N2O3. The Labute approximate surface area is 125 Å². The summed E-state index contributed by atoms with van der Waals surface area (Å²) in [4.78, 5) is 4.53. The van der Waals surface area contributed by atoms with Crippen molar-refractivity contribution in [3.05, 3.63) is 22.9 Å². The van der Waals surface area contributed by atoms with E-state index < -0.39 is 0 Å². The zero-order valence-electron chi connectivity index (χ0n) is 12.6. The Morgan fingerprint density at radius 3 is 2.86 bits per heavy atom. The first-order chi connectivity index (χ1) is 10.3. The number of hydrogen-bond donors (Lipinski definition) is 0. The van der Waals surface area contributed by atoms with Crippen molar-refractivity contribution in [3.63, 3.8) is 0 Å². The number of aryl methyl sites for hydroxylation is 2. The van der Waals surface area contributed by atoms with Crippen molar-refractivity contribution in [2.75, 3.05) is 33.5 Å². The number of rotatable bonds is 8. The number of nitriles is 1. The van der Waals surface area contributed by atoms with Crippen LogP contribution in [0.15, 0.2) is 6.07 Å². The molecule has 0 N–H and O–H groups in total. The van der Waals surface area contributed by atoms with Crippen molar-refractivity contribution in [3.8, 4) is 11.9 Å². The third kappa shape index (κ3) is 4.69. The van der Waals surface area contributed by atoms with Crippen LogP contribution in [0.1, 0.15) is 36.1 Å². The van der Waals surface area contributed by atoms with Crippen LogP contribution in [0.25, 0.3) is 0 Å². The average molecular weight is 290 g/mol. The molecule has 1 aromatic heterocycles. The molecular weight excluding hydrogens is 268 g/mol. The Bertz CT molecular complexity index is 497. The minimum Gasteiger partial charge on any atom is -0.477 e. The quantitative estimate of drug-likeness (QED) is 0.687. The van der Waals surface area contributed by atoms with Gasteiger partial charge in [-0.2, -0.15) is 5.26 Å². The lowest BCUT2D eigenvalue weighted by Gasteiger charge is -2.16. The van der Waals surface area contributed by atoms with E-state index in [1.807, 2.05) is 6.07 Å². The van der Waals surface area contributed by atoms with Crippen LogP contribution < -0.4 is 4.74 Å². The van der Waals surface area contributed by atoms with Crippen LogP contribution >= 0.6 is 0 Å². The Kier molecular flexibility index (Phi) is 6.45. The van der Waals surface area contributed by atoms with Crippen LogP contribution in [-0.2, 0) is 22.3 Å². The number of pyridine rings is 1. The largest absolute Gasteiger partial charge is 0.477 e. The molecule has 1 aliphatic rings. The van der Waals surface area contributed by atoms with Gasteiger partial charge in [0.25, 0.3) is 0 Å². The van der Waals surface area contributed by atoms with Gasteiger partial charge in [-0.1, -0.05) is 0 Å². The van der Waals surface area contributed by atoms with Gasteiger partial charge >= 0.3 is 0 Å². The van der Waals surface area contributed by atoms with Gasteiger partial charge in [0.05, 0.1) is 19.8 Å². The normalized spacial score (nSPS) is 13.5. The highest BCUT2D eigenvalue weighted by Gasteiger charge is 2.15. The molecule has 5 heteroatoms. The molecule has 5 nitrogen and oxygen atoms in total. The SMILES string of the molecule is COCCOCCCOc1nc2c(cc1C#N)CCCC2. The molecule has 1 heterocycles. The van der Waals surface area contributed by atoms with Gasteiger partial charge in [0.2, 0.25) is 5.88 Å². The van der Waals surface area contributed by atoms with E-state index in [-0.39, 0.29) is 0 Å². The molecule has 0 aliphatic heterocycles. The fourth-order valence-electron chi connectivity index (χ4n) is 2.38. The summed E-state index contributed by atoms with van der Waals surface area (Å²) in [5, 5.41) is 9.21. The minimum atomic E-state index is 0.468. The van der Waals surface area contributed by atoms with Crippen molar-refractivity contribution >= 4 is 0 Å². The van der Waals surface area contributed by atoms with E-state index >= 15 is 0 Å². The zero-order chi connectivity index (χ0) is 14.9. The Balaban J connectivity index is 1.83. The van der Waals surface area contributed by atoms with E-state index in [1.54, 1.807) is 7.11 Å². The second kappa shape index (κ2) is 8.60. The van der Waals surface area contributed by atoms with Crippen LogP contribution in [0, 0.1) is 11.3 Å². The predicted molar refractivity (Wildman–Crippen MR) is 78.4 cm³/mol. The Hall–Kier alpha value is -1.64. The maximum Gasteiger partial charge on any atom is 0.231 e. The third-order valence-electron chi connectivity index (χ3n) is 3.49. The number of fused-ring (bicyclic) bond motifs is 1. The summed E-state index contributed by atoms with van der Waals surface area (Å²) in [7, 11) is 1.65. The summed E-state index contributed by atoms with van der Waals surface area (Å²) >= 11 is 0. The van der Waals surface area contributed by atoms with E-state index in [2.05, 4.69) is 11.1 Å². The van der Waals surface area contributed by atoms with E-state index in [0.29, 0.717) is 37.9 Å².